The van der Waals surface area contributed by atoms with E-state index in [1.54, 1.807) is 12.2 Å². The van der Waals surface area contributed by atoms with Crippen LogP contribution < -0.4 is 0 Å². The number of aryl methyl sites for hydroxylation is 1. The van der Waals surface area contributed by atoms with Gasteiger partial charge >= 0.3 is 5.97 Å². The molecule has 0 fully saturated rings. The van der Waals surface area contributed by atoms with Crippen LogP contribution in [0.2, 0.25) is 0 Å². The van der Waals surface area contributed by atoms with Crippen molar-refractivity contribution in [3.63, 3.8) is 0 Å². The van der Waals surface area contributed by atoms with Crippen molar-refractivity contribution in [2.24, 2.45) is 5.41 Å². The molecule has 28 heavy (non-hydrogen) atoms. The highest BCUT2D eigenvalue weighted by Gasteiger charge is 2.32. The molecular weight excluding hydrogens is 372 g/mol. The van der Waals surface area contributed by atoms with Gasteiger partial charge in [-0.1, -0.05) is 75.0 Å². The molecule has 0 radical (unpaired) electrons. The Morgan fingerprint density at radius 1 is 1.14 bits per heavy atom. The summed E-state index contributed by atoms with van der Waals surface area (Å²) >= 11 is 5.96. The highest BCUT2D eigenvalue weighted by atomic mass is 35.5. The number of Topliss-reactive ketones (excluding diaryl/α,β-unsaturated/α-hetero) is 1. The molecule has 0 saturated carbocycles. The molecule has 0 spiro atoms. The first-order valence-electron chi connectivity index (χ1n) is 9.68. The lowest BCUT2D eigenvalue weighted by Crippen LogP contribution is -2.33. The molecule has 1 aromatic rings. The molecule has 0 aliphatic carbocycles. The Balaban J connectivity index is 2.62. The van der Waals surface area contributed by atoms with Crippen LogP contribution in [-0.4, -0.2) is 18.4 Å². The van der Waals surface area contributed by atoms with Crippen LogP contribution in [0.4, 0.5) is 0 Å². The predicted octanol–water partition coefficient (Wildman–Crippen LogP) is 5.97. The molecule has 0 aliphatic rings. The lowest BCUT2D eigenvalue weighted by Gasteiger charge is -2.26. The minimum Gasteiger partial charge on any atom is -0.464 e. The lowest BCUT2D eigenvalue weighted by molar-refractivity contribution is -0.149. The van der Waals surface area contributed by atoms with Crippen molar-refractivity contribution in [1.29, 1.82) is 0 Å². The van der Waals surface area contributed by atoms with Crippen molar-refractivity contribution >= 4 is 23.4 Å². The smallest absolute Gasteiger partial charge is 0.310 e. The molecule has 0 heterocycles. The van der Waals surface area contributed by atoms with Gasteiger partial charge in [-0.15, -0.1) is 0 Å². The van der Waals surface area contributed by atoms with E-state index in [4.69, 9.17) is 16.3 Å². The maximum absolute atomic E-state index is 12.8. The highest BCUT2D eigenvalue weighted by Crippen LogP contribution is 2.28. The molecule has 1 unspecified atom stereocenters. The Morgan fingerprint density at radius 2 is 1.75 bits per heavy atom. The number of rotatable bonds is 12. The van der Waals surface area contributed by atoms with Crippen LogP contribution in [0.3, 0.4) is 0 Å². The molecule has 1 aromatic carbocycles. The van der Waals surface area contributed by atoms with Gasteiger partial charge in [-0.2, -0.15) is 0 Å². The van der Waals surface area contributed by atoms with Gasteiger partial charge in [0.05, 0.1) is 11.8 Å². The average molecular weight is 403 g/mol. The summed E-state index contributed by atoms with van der Waals surface area (Å²) in [5.74, 6) is -0.277. The summed E-state index contributed by atoms with van der Waals surface area (Å²) in [7, 11) is 0. The summed E-state index contributed by atoms with van der Waals surface area (Å²) in [5.41, 5.74) is 2.21. The van der Waals surface area contributed by atoms with Crippen LogP contribution in [-0.2, 0) is 27.2 Å². The number of carbonyl (C=O) groups is 2. The summed E-state index contributed by atoms with van der Waals surface area (Å²) in [5, 5.41) is 0.409. The SMILES string of the molecule is C=C/C=C(/CCC(=O)C(C)(CC)COC(=O)Cc1ccc(CC)cc1)C(=C)Cl. The largest absolute Gasteiger partial charge is 0.464 e. The van der Waals surface area contributed by atoms with Crippen molar-refractivity contribution in [2.75, 3.05) is 6.61 Å². The molecular formula is C24H31ClO3. The average Bonchev–Trinajstić information content (AvgIpc) is 2.69. The summed E-state index contributed by atoms with van der Waals surface area (Å²) in [4.78, 5) is 25.0. The number of ether oxygens (including phenoxy) is 1. The van der Waals surface area contributed by atoms with E-state index in [-0.39, 0.29) is 24.8 Å². The summed E-state index contributed by atoms with van der Waals surface area (Å²) in [6.07, 6.45) is 5.94. The Morgan fingerprint density at radius 3 is 2.25 bits per heavy atom. The zero-order valence-corrected chi connectivity index (χ0v) is 18.0. The van der Waals surface area contributed by atoms with Crippen LogP contribution in [0, 0.1) is 5.41 Å². The van der Waals surface area contributed by atoms with Gasteiger partial charge in [0.1, 0.15) is 12.4 Å². The van der Waals surface area contributed by atoms with Gasteiger partial charge in [-0.05, 0) is 42.9 Å². The Kier molecular flexibility index (Phi) is 9.95. The van der Waals surface area contributed by atoms with Crippen molar-refractivity contribution in [3.05, 3.63) is 71.3 Å². The number of esters is 1. The zero-order chi connectivity index (χ0) is 21.2. The first-order valence-corrected chi connectivity index (χ1v) is 10.1. The zero-order valence-electron chi connectivity index (χ0n) is 17.2. The van der Waals surface area contributed by atoms with Gasteiger partial charge in [-0.3, -0.25) is 9.59 Å². The van der Waals surface area contributed by atoms with Crippen molar-refractivity contribution in [1.82, 2.24) is 0 Å². The molecule has 0 aliphatic heterocycles. The van der Waals surface area contributed by atoms with Crippen LogP contribution >= 0.6 is 11.6 Å². The standard InChI is InChI=1S/C24H31ClO3/c1-6-9-21(18(4)25)14-15-22(26)24(5,8-3)17-28-23(27)16-20-12-10-19(7-2)11-13-20/h6,9-13H,1,4,7-8,14-17H2,2-3,5H3/b21-9-. The van der Waals surface area contributed by atoms with Gasteiger partial charge in [0.25, 0.3) is 0 Å². The van der Waals surface area contributed by atoms with E-state index in [0.29, 0.717) is 24.3 Å². The fourth-order valence-electron chi connectivity index (χ4n) is 2.73. The van der Waals surface area contributed by atoms with E-state index in [9.17, 15) is 9.59 Å². The fourth-order valence-corrected chi connectivity index (χ4v) is 2.89. The van der Waals surface area contributed by atoms with Crippen LogP contribution in [0.15, 0.2) is 60.2 Å². The number of carbonyl (C=O) groups excluding carboxylic acids is 2. The maximum Gasteiger partial charge on any atom is 0.310 e. The van der Waals surface area contributed by atoms with Gasteiger partial charge < -0.3 is 4.74 Å². The molecule has 0 saturated heterocycles. The second-order valence-electron chi connectivity index (χ2n) is 7.18. The first-order chi connectivity index (χ1) is 13.3. The summed E-state index contributed by atoms with van der Waals surface area (Å²) in [6.45, 7) is 13.3. The minimum atomic E-state index is -0.714. The van der Waals surface area contributed by atoms with E-state index in [2.05, 4.69) is 20.1 Å². The number of hydrogen-bond donors (Lipinski definition) is 0. The van der Waals surface area contributed by atoms with E-state index < -0.39 is 5.41 Å². The summed E-state index contributed by atoms with van der Waals surface area (Å²) < 4.78 is 5.45. The molecule has 4 heteroatoms. The Hall–Kier alpha value is -2.13. The number of benzene rings is 1. The van der Waals surface area contributed by atoms with E-state index in [0.717, 1.165) is 17.6 Å². The monoisotopic (exact) mass is 402 g/mol. The Bertz CT molecular complexity index is 731. The van der Waals surface area contributed by atoms with Crippen LogP contribution in [0.1, 0.15) is 51.2 Å². The molecule has 1 atom stereocenters. The number of ketones is 1. The molecule has 152 valence electrons. The van der Waals surface area contributed by atoms with Crippen molar-refractivity contribution < 1.29 is 14.3 Å². The quantitative estimate of drug-likeness (QED) is 0.319. The van der Waals surface area contributed by atoms with E-state index >= 15 is 0 Å². The van der Waals surface area contributed by atoms with Crippen molar-refractivity contribution in [3.8, 4) is 0 Å². The molecule has 0 N–H and O–H groups in total. The van der Waals surface area contributed by atoms with Gasteiger partial charge in [0.2, 0.25) is 0 Å². The summed E-state index contributed by atoms with van der Waals surface area (Å²) in [6, 6.07) is 7.91. The van der Waals surface area contributed by atoms with Gasteiger partial charge in [0.15, 0.2) is 0 Å². The van der Waals surface area contributed by atoms with Crippen LogP contribution in [0.5, 0.6) is 0 Å². The number of allylic oxidation sites excluding steroid dienone is 4. The number of hydrogen-bond acceptors (Lipinski definition) is 3. The van der Waals surface area contributed by atoms with Crippen molar-refractivity contribution in [2.45, 2.75) is 52.9 Å². The predicted molar refractivity (Wildman–Crippen MR) is 116 cm³/mol. The van der Waals surface area contributed by atoms with E-state index in [1.165, 1.54) is 5.56 Å². The minimum absolute atomic E-state index is 0.0444. The third-order valence-corrected chi connectivity index (χ3v) is 5.32. The number of halogens is 1. The fraction of sp³-hybridized carbons (Fsp3) is 0.417. The lowest BCUT2D eigenvalue weighted by atomic mass is 9.81. The third kappa shape index (κ3) is 7.47. The topological polar surface area (TPSA) is 43.4 Å². The van der Waals surface area contributed by atoms with Gasteiger partial charge in [0, 0.05) is 11.5 Å². The molecule has 0 aromatic heterocycles. The molecule has 3 nitrogen and oxygen atoms in total. The third-order valence-electron chi connectivity index (χ3n) is 5.07. The molecule has 0 amide bonds. The maximum atomic E-state index is 12.8. The molecule has 1 rings (SSSR count). The Labute approximate surface area is 174 Å². The second-order valence-corrected chi connectivity index (χ2v) is 7.63. The van der Waals surface area contributed by atoms with Crippen LogP contribution in [0.25, 0.3) is 0 Å². The normalized spacial score (nSPS) is 13.5. The molecule has 0 bridgehead atoms. The van der Waals surface area contributed by atoms with E-state index in [1.807, 2.05) is 38.1 Å². The second kappa shape index (κ2) is 11.7. The van der Waals surface area contributed by atoms with Gasteiger partial charge in [-0.25, -0.2) is 0 Å². The first kappa shape index (κ1) is 23.9. The highest BCUT2D eigenvalue weighted by molar-refractivity contribution is 6.31.